The van der Waals surface area contributed by atoms with Crippen LogP contribution in [0.1, 0.15) is 40.2 Å². The summed E-state index contributed by atoms with van der Waals surface area (Å²) in [5, 5.41) is 5.32. The van der Waals surface area contributed by atoms with Gasteiger partial charge < -0.3 is 4.42 Å². The minimum Gasteiger partial charge on any atom is -0.452 e. The number of para-hydroxylation sites is 1. The average molecular weight is 467 g/mol. The molecule has 5 aromatic rings. The molecule has 0 amide bonds. The van der Waals surface area contributed by atoms with Gasteiger partial charge in [0.25, 0.3) is 0 Å². The van der Waals surface area contributed by atoms with Crippen LogP contribution in [0.4, 0.5) is 0 Å². The lowest BCUT2D eigenvalue weighted by Gasteiger charge is -2.30. The normalized spacial score (nSPS) is 12.4. The van der Waals surface area contributed by atoms with Crippen LogP contribution in [0.2, 0.25) is 18.1 Å². The van der Waals surface area contributed by atoms with Crippen molar-refractivity contribution in [1.82, 2.24) is 9.97 Å². The fourth-order valence-electron chi connectivity index (χ4n) is 5.67. The zero-order valence-corrected chi connectivity index (χ0v) is 22.0. The third-order valence-corrected chi connectivity index (χ3v) is 13.3. The summed E-state index contributed by atoms with van der Waals surface area (Å²) in [6.45, 7) is 11.6. The summed E-state index contributed by atoms with van der Waals surface area (Å²) in [4.78, 5) is 9.44. The molecule has 174 valence electrons. The van der Waals surface area contributed by atoms with Gasteiger partial charge in [-0.1, -0.05) is 100 Å². The van der Waals surface area contributed by atoms with Crippen LogP contribution in [0, 0.1) is 5.92 Å². The standard InChI is InChI=1S/C30H34N2OSi/c1-6-34(7-2,8-3)26-18-23(17-21-12-9-10-14-24(21)26)27-30-28(32-19-31-27)25-15-11-13-22(16-20(4)5)29(25)33-30/h9-15,17-20H,6-8,16H2,1-5H3. The molecular formula is C30H34N2OSi. The summed E-state index contributed by atoms with van der Waals surface area (Å²) in [5.41, 5.74) is 5.93. The zero-order chi connectivity index (χ0) is 23.9. The van der Waals surface area contributed by atoms with Gasteiger partial charge in [-0.05, 0) is 40.8 Å². The van der Waals surface area contributed by atoms with Crippen LogP contribution in [0.25, 0.3) is 44.1 Å². The number of hydrogen-bond acceptors (Lipinski definition) is 3. The van der Waals surface area contributed by atoms with E-state index in [1.807, 2.05) is 0 Å². The maximum Gasteiger partial charge on any atom is 0.180 e. The predicted molar refractivity (Wildman–Crippen MR) is 148 cm³/mol. The van der Waals surface area contributed by atoms with Crippen molar-refractivity contribution in [2.24, 2.45) is 5.92 Å². The monoisotopic (exact) mass is 466 g/mol. The van der Waals surface area contributed by atoms with Crippen molar-refractivity contribution >= 4 is 46.1 Å². The van der Waals surface area contributed by atoms with E-state index >= 15 is 0 Å². The van der Waals surface area contributed by atoms with Crippen LogP contribution in [-0.4, -0.2) is 18.0 Å². The number of furan rings is 1. The molecule has 0 N–H and O–H groups in total. The molecule has 0 unspecified atom stereocenters. The van der Waals surface area contributed by atoms with Crippen LogP contribution in [-0.2, 0) is 6.42 Å². The molecule has 5 rings (SSSR count). The molecular weight excluding hydrogens is 432 g/mol. The second-order valence-corrected chi connectivity index (χ2v) is 15.2. The van der Waals surface area contributed by atoms with Gasteiger partial charge >= 0.3 is 0 Å². The maximum absolute atomic E-state index is 6.57. The fourth-order valence-corrected chi connectivity index (χ4v) is 9.57. The molecule has 4 heteroatoms. The lowest BCUT2D eigenvalue weighted by Crippen LogP contribution is -2.46. The van der Waals surface area contributed by atoms with Gasteiger partial charge in [-0.25, -0.2) is 9.97 Å². The van der Waals surface area contributed by atoms with Gasteiger partial charge in [0.2, 0.25) is 0 Å². The first-order valence-electron chi connectivity index (χ1n) is 12.7. The van der Waals surface area contributed by atoms with E-state index in [0.717, 1.165) is 39.7 Å². The van der Waals surface area contributed by atoms with Crippen LogP contribution in [0.15, 0.2) is 65.3 Å². The third kappa shape index (κ3) is 3.65. The second-order valence-electron chi connectivity index (χ2n) is 9.98. The predicted octanol–water partition coefficient (Wildman–Crippen LogP) is 8.11. The zero-order valence-electron chi connectivity index (χ0n) is 21.0. The minimum absolute atomic E-state index is 0.558. The van der Waals surface area contributed by atoms with E-state index in [-0.39, 0.29) is 0 Å². The first-order valence-corrected chi connectivity index (χ1v) is 15.3. The number of benzene rings is 3. The van der Waals surface area contributed by atoms with E-state index in [1.165, 1.54) is 34.5 Å². The van der Waals surface area contributed by atoms with Gasteiger partial charge in [-0.15, -0.1) is 0 Å². The molecule has 0 aliphatic heterocycles. The van der Waals surface area contributed by atoms with Gasteiger partial charge in [-0.2, -0.15) is 0 Å². The number of rotatable bonds is 7. The quantitative estimate of drug-likeness (QED) is 0.227. The molecule has 0 saturated heterocycles. The molecule has 2 aromatic heterocycles. The van der Waals surface area contributed by atoms with Crippen LogP contribution < -0.4 is 5.19 Å². The number of hydrogen-bond donors (Lipinski definition) is 0. The van der Waals surface area contributed by atoms with E-state index in [1.54, 1.807) is 11.5 Å². The largest absolute Gasteiger partial charge is 0.452 e. The fraction of sp³-hybridized carbons (Fsp3) is 0.333. The Morgan fingerprint density at radius 1 is 0.824 bits per heavy atom. The van der Waals surface area contributed by atoms with Gasteiger partial charge in [-0.3, -0.25) is 0 Å². The van der Waals surface area contributed by atoms with E-state index in [0.29, 0.717) is 5.92 Å². The first kappa shape index (κ1) is 22.8. The summed E-state index contributed by atoms with van der Waals surface area (Å²) in [6.07, 6.45) is 2.68. The van der Waals surface area contributed by atoms with E-state index in [2.05, 4.69) is 94.2 Å². The highest BCUT2D eigenvalue weighted by atomic mass is 28.3. The molecule has 0 atom stereocenters. The highest BCUT2D eigenvalue weighted by molar-refractivity contribution is 6.93. The summed E-state index contributed by atoms with van der Waals surface area (Å²) in [7, 11) is -1.62. The number of fused-ring (bicyclic) bond motifs is 4. The third-order valence-electron chi connectivity index (χ3n) is 7.72. The van der Waals surface area contributed by atoms with Crippen molar-refractivity contribution in [3.05, 3.63) is 66.5 Å². The Morgan fingerprint density at radius 2 is 1.56 bits per heavy atom. The molecule has 0 aliphatic carbocycles. The van der Waals surface area contributed by atoms with Crippen LogP contribution >= 0.6 is 0 Å². The summed E-state index contributed by atoms with van der Waals surface area (Å²) >= 11 is 0. The van der Waals surface area contributed by atoms with E-state index in [4.69, 9.17) is 9.40 Å². The Labute approximate surface area is 203 Å². The lowest BCUT2D eigenvalue weighted by molar-refractivity contribution is 0.623. The molecule has 0 spiro atoms. The molecule has 0 radical (unpaired) electrons. The highest BCUT2D eigenvalue weighted by Gasteiger charge is 2.31. The smallest absolute Gasteiger partial charge is 0.180 e. The van der Waals surface area contributed by atoms with E-state index in [9.17, 15) is 0 Å². The molecule has 0 fully saturated rings. The molecule has 3 nitrogen and oxygen atoms in total. The Bertz CT molecular complexity index is 1470. The van der Waals surface area contributed by atoms with Crippen LogP contribution in [0.3, 0.4) is 0 Å². The van der Waals surface area contributed by atoms with Crippen molar-refractivity contribution in [2.45, 2.75) is 59.2 Å². The van der Waals surface area contributed by atoms with Gasteiger partial charge in [0.05, 0.1) is 8.07 Å². The first-order chi connectivity index (χ1) is 16.5. The van der Waals surface area contributed by atoms with Crippen molar-refractivity contribution < 1.29 is 4.42 Å². The Balaban J connectivity index is 1.80. The Kier molecular flexibility index (Phi) is 6.03. The van der Waals surface area contributed by atoms with E-state index < -0.39 is 8.07 Å². The molecule has 0 saturated carbocycles. The van der Waals surface area contributed by atoms with Gasteiger partial charge in [0.15, 0.2) is 5.58 Å². The SMILES string of the molecule is CC[Si](CC)(CC)c1cc(-c2ncnc3c2oc2c(CC(C)C)cccc23)cc2ccccc12. The van der Waals surface area contributed by atoms with Gasteiger partial charge in [0.1, 0.15) is 23.1 Å². The summed E-state index contributed by atoms with van der Waals surface area (Å²) in [6, 6.07) is 23.7. The van der Waals surface area contributed by atoms with Crippen LogP contribution in [0.5, 0.6) is 0 Å². The van der Waals surface area contributed by atoms with Crippen molar-refractivity contribution in [1.29, 1.82) is 0 Å². The van der Waals surface area contributed by atoms with Crippen molar-refractivity contribution in [2.75, 3.05) is 0 Å². The molecule has 34 heavy (non-hydrogen) atoms. The maximum atomic E-state index is 6.57. The Hall–Kier alpha value is -2.98. The Morgan fingerprint density at radius 3 is 2.29 bits per heavy atom. The highest BCUT2D eigenvalue weighted by Crippen LogP contribution is 2.36. The topological polar surface area (TPSA) is 38.9 Å². The van der Waals surface area contributed by atoms with Crippen molar-refractivity contribution in [3.8, 4) is 11.3 Å². The second kappa shape index (κ2) is 8.99. The molecule has 0 aliphatic rings. The average Bonchev–Trinajstić information content (AvgIpc) is 3.25. The minimum atomic E-state index is -1.62. The molecule has 2 heterocycles. The van der Waals surface area contributed by atoms with Gasteiger partial charge in [0, 0.05) is 10.9 Å². The summed E-state index contributed by atoms with van der Waals surface area (Å²) in [5.74, 6) is 0.558. The molecule has 0 bridgehead atoms. The summed E-state index contributed by atoms with van der Waals surface area (Å²) < 4.78 is 6.57. The lowest BCUT2D eigenvalue weighted by atomic mass is 10.0. The number of aromatic nitrogens is 2. The number of nitrogens with zero attached hydrogens (tertiary/aromatic N) is 2. The van der Waals surface area contributed by atoms with Crippen molar-refractivity contribution in [3.63, 3.8) is 0 Å². The molecule has 3 aromatic carbocycles.